The highest BCUT2D eigenvalue weighted by Crippen LogP contribution is 2.28. The average molecular weight is 397 g/mol. The van der Waals surface area contributed by atoms with E-state index in [0.29, 0.717) is 16.3 Å². The highest BCUT2D eigenvalue weighted by atomic mass is 35.5. The van der Waals surface area contributed by atoms with Gasteiger partial charge in [0.1, 0.15) is 11.5 Å². The van der Waals surface area contributed by atoms with Crippen LogP contribution < -0.4 is 10.1 Å². The number of aryl methyl sites for hydroxylation is 2. The summed E-state index contributed by atoms with van der Waals surface area (Å²) in [6.07, 6.45) is 3.05. The van der Waals surface area contributed by atoms with Gasteiger partial charge in [0.15, 0.2) is 5.69 Å². The first-order chi connectivity index (χ1) is 12.8. The van der Waals surface area contributed by atoms with Gasteiger partial charge < -0.3 is 14.6 Å². The van der Waals surface area contributed by atoms with Crippen LogP contribution in [0.15, 0.2) is 35.1 Å². The number of hydrogen-bond donors (Lipinski definition) is 1. The monoisotopic (exact) mass is 396 g/mol. The maximum Gasteiger partial charge on any atom is 0.387 e. The van der Waals surface area contributed by atoms with Crippen LogP contribution in [0.4, 0.5) is 14.5 Å². The predicted octanol–water partition coefficient (Wildman–Crippen LogP) is 4.04. The molecule has 3 rings (SSSR count). The second-order valence-electron chi connectivity index (χ2n) is 5.75. The van der Waals surface area contributed by atoms with E-state index >= 15 is 0 Å². The number of nitrogens with one attached hydrogen (secondary N) is 1. The van der Waals surface area contributed by atoms with Crippen LogP contribution in [0, 0.1) is 13.8 Å². The van der Waals surface area contributed by atoms with E-state index < -0.39 is 12.5 Å². The van der Waals surface area contributed by atoms with Gasteiger partial charge in [-0.3, -0.25) is 9.48 Å². The Morgan fingerprint density at radius 3 is 2.85 bits per heavy atom. The van der Waals surface area contributed by atoms with Crippen molar-refractivity contribution in [3.8, 4) is 5.75 Å². The first-order valence-corrected chi connectivity index (χ1v) is 8.21. The minimum Gasteiger partial charge on any atom is -0.433 e. The van der Waals surface area contributed by atoms with Gasteiger partial charge in [0.2, 0.25) is 0 Å². The Morgan fingerprint density at radius 1 is 1.41 bits per heavy atom. The summed E-state index contributed by atoms with van der Waals surface area (Å²) in [6.45, 7) is 0.605. The summed E-state index contributed by atoms with van der Waals surface area (Å²) in [7, 11) is 0. The van der Waals surface area contributed by atoms with Gasteiger partial charge >= 0.3 is 6.61 Å². The quantitative estimate of drug-likeness (QED) is 0.679. The average Bonchev–Trinajstić information content (AvgIpc) is 3.16. The number of nitrogens with zero attached hydrogens (tertiary/aromatic N) is 3. The lowest BCUT2D eigenvalue weighted by molar-refractivity contribution is -0.0493. The molecule has 10 heteroatoms. The van der Waals surface area contributed by atoms with E-state index in [-0.39, 0.29) is 23.7 Å². The molecule has 0 unspecified atom stereocenters. The summed E-state index contributed by atoms with van der Waals surface area (Å²) in [5.41, 5.74) is 1.38. The summed E-state index contributed by atoms with van der Waals surface area (Å²) in [6, 6.07) is 4.48. The van der Waals surface area contributed by atoms with Crippen molar-refractivity contribution < 1.29 is 22.8 Å². The fourth-order valence-corrected chi connectivity index (χ4v) is 2.62. The molecule has 1 aromatic carbocycles. The van der Waals surface area contributed by atoms with Crippen LogP contribution in [0.25, 0.3) is 0 Å². The van der Waals surface area contributed by atoms with Crippen LogP contribution in [0.3, 0.4) is 0 Å². The van der Waals surface area contributed by atoms with E-state index in [9.17, 15) is 13.6 Å². The number of aromatic nitrogens is 3. The summed E-state index contributed by atoms with van der Waals surface area (Å²) in [5.74, 6) is -0.338. The number of anilines is 1. The van der Waals surface area contributed by atoms with Crippen LogP contribution in [0.5, 0.6) is 5.75 Å². The van der Waals surface area contributed by atoms with Gasteiger partial charge in [-0.05, 0) is 31.5 Å². The van der Waals surface area contributed by atoms with Crippen molar-refractivity contribution in [2.45, 2.75) is 27.0 Å². The Morgan fingerprint density at radius 2 is 2.19 bits per heavy atom. The van der Waals surface area contributed by atoms with Crippen LogP contribution in [-0.4, -0.2) is 27.5 Å². The van der Waals surface area contributed by atoms with Crippen LogP contribution in [0.2, 0.25) is 5.02 Å². The minimum atomic E-state index is -3.02. The van der Waals surface area contributed by atoms with Crippen molar-refractivity contribution >= 4 is 23.2 Å². The van der Waals surface area contributed by atoms with Gasteiger partial charge in [-0.2, -0.15) is 13.9 Å². The molecule has 0 spiro atoms. The first kappa shape index (κ1) is 18.8. The smallest absolute Gasteiger partial charge is 0.387 e. The molecule has 0 aliphatic carbocycles. The zero-order valence-electron chi connectivity index (χ0n) is 14.4. The first-order valence-electron chi connectivity index (χ1n) is 7.83. The molecule has 1 amide bonds. The number of carbonyl (C=O) groups excluding carboxylic acids is 1. The van der Waals surface area contributed by atoms with Gasteiger partial charge in [0, 0.05) is 11.8 Å². The summed E-state index contributed by atoms with van der Waals surface area (Å²) >= 11 is 5.85. The Labute approximate surface area is 157 Å². The SMILES string of the molecule is Cc1ccc(OC(F)F)c(NC(=O)c2noc(C)c2Cn2cc(Cl)cn2)c1. The molecule has 2 heterocycles. The molecule has 0 aliphatic rings. The van der Waals surface area contributed by atoms with Crippen molar-refractivity contribution in [3.63, 3.8) is 0 Å². The van der Waals surface area contributed by atoms with E-state index in [4.69, 9.17) is 16.1 Å². The normalized spacial score (nSPS) is 11.0. The predicted molar refractivity (Wildman–Crippen MR) is 93.3 cm³/mol. The number of hydrogen-bond acceptors (Lipinski definition) is 5. The summed E-state index contributed by atoms with van der Waals surface area (Å²) < 4.78 is 36.3. The minimum absolute atomic E-state index is 0.0172. The van der Waals surface area contributed by atoms with Gasteiger partial charge in [0.05, 0.1) is 23.5 Å². The fraction of sp³-hybridized carbons (Fsp3) is 0.235. The third-order valence-electron chi connectivity index (χ3n) is 3.72. The molecular weight excluding hydrogens is 382 g/mol. The Bertz CT molecular complexity index is 971. The zero-order chi connectivity index (χ0) is 19.6. The number of halogens is 3. The summed E-state index contributed by atoms with van der Waals surface area (Å²) in [5, 5.41) is 10.8. The Hall–Kier alpha value is -2.94. The highest BCUT2D eigenvalue weighted by molar-refractivity contribution is 6.30. The number of alkyl halides is 2. The lowest BCUT2D eigenvalue weighted by atomic mass is 10.1. The largest absolute Gasteiger partial charge is 0.433 e. The van der Waals surface area contributed by atoms with Gasteiger partial charge in [-0.25, -0.2) is 0 Å². The van der Waals surface area contributed by atoms with Crippen molar-refractivity contribution in [2.75, 3.05) is 5.32 Å². The number of carbonyl (C=O) groups is 1. The number of ether oxygens (including phenoxy) is 1. The lowest BCUT2D eigenvalue weighted by Gasteiger charge is -2.12. The van der Waals surface area contributed by atoms with E-state index in [2.05, 4.69) is 20.3 Å². The van der Waals surface area contributed by atoms with Crippen molar-refractivity contribution in [2.24, 2.45) is 0 Å². The Kier molecular flexibility index (Phi) is 5.41. The van der Waals surface area contributed by atoms with Crippen molar-refractivity contribution in [1.82, 2.24) is 14.9 Å². The molecule has 0 bridgehead atoms. The lowest BCUT2D eigenvalue weighted by Crippen LogP contribution is -2.17. The van der Waals surface area contributed by atoms with Crippen LogP contribution in [0.1, 0.15) is 27.4 Å². The second kappa shape index (κ2) is 7.75. The third-order valence-corrected chi connectivity index (χ3v) is 3.92. The van der Waals surface area contributed by atoms with Gasteiger partial charge in [0.25, 0.3) is 5.91 Å². The van der Waals surface area contributed by atoms with Crippen LogP contribution in [-0.2, 0) is 6.54 Å². The zero-order valence-corrected chi connectivity index (χ0v) is 15.1. The molecule has 0 saturated carbocycles. The number of amides is 1. The summed E-state index contributed by atoms with van der Waals surface area (Å²) in [4.78, 5) is 12.7. The molecule has 0 fully saturated rings. The Balaban J connectivity index is 1.86. The number of benzene rings is 1. The van der Waals surface area contributed by atoms with E-state index in [1.165, 1.54) is 23.0 Å². The topological polar surface area (TPSA) is 82.2 Å². The fourth-order valence-electron chi connectivity index (χ4n) is 2.46. The molecule has 7 nitrogen and oxygen atoms in total. The van der Waals surface area contributed by atoms with E-state index in [1.54, 1.807) is 26.1 Å². The molecule has 142 valence electrons. The standard InChI is InChI=1S/C17H15ClF2N4O3/c1-9-3-4-14(26-17(19)20)13(5-9)22-16(25)15-12(10(2)27-23-15)8-24-7-11(18)6-21-24/h3-7,17H,8H2,1-2H3,(H,22,25). The molecule has 0 saturated heterocycles. The van der Waals surface area contributed by atoms with Crippen molar-refractivity contribution in [3.05, 3.63) is 58.2 Å². The number of rotatable bonds is 6. The molecule has 0 atom stereocenters. The second-order valence-corrected chi connectivity index (χ2v) is 6.19. The molecule has 0 radical (unpaired) electrons. The van der Waals surface area contributed by atoms with E-state index in [1.807, 2.05) is 0 Å². The van der Waals surface area contributed by atoms with E-state index in [0.717, 1.165) is 5.56 Å². The molecule has 0 aliphatic heterocycles. The third kappa shape index (κ3) is 4.43. The molecule has 1 N–H and O–H groups in total. The van der Waals surface area contributed by atoms with Gasteiger partial charge in [-0.15, -0.1) is 0 Å². The highest BCUT2D eigenvalue weighted by Gasteiger charge is 2.22. The molecule has 2 aromatic heterocycles. The molecular formula is C17H15ClF2N4O3. The maximum atomic E-state index is 12.7. The van der Waals surface area contributed by atoms with Gasteiger partial charge in [-0.1, -0.05) is 22.8 Å². The van der Waals surface area contributed by atoms with Crippen LogP contribution >= 0.6 is 11.6 Å². The maximum absolute atomic E-state index is 12.7. The molecule has 3 aromatic rings. The van der Waals surface area contributed by atoms with Crippen molar-refractivity contribution in [1.29, 1.82) is 0 Å². The molecule has 27 heavy (non-hydrogen) atoms.